The van der Waals surface area contributed by atoms with Crippen LogP contribution in [0.2, 0.25) is 0 Å². The summed E-state index contributed by atoms with van der Waals surface area (Å²) in [6.45, 7) is 0. The van der Waals surface area contributed by atoms with Crippen LogP contribution in [0, 0.1) is 10.1 Å². The van der Waals surface area contributed by atoms with E-state index in [0.29, 0.717) is 5.82 Å². The van der Waals surface area contributed by atoms with Gasteiger partial charge in [-0.05, 0) is 48.5 Å². The van der Waals surface area contributed by atoms with Crippen molar-refractivity contribution in [2.75, 3.05) is 4.72 Å². The number of aromatic amines is 1. The standard InChI is InChI=1S/C19H14N4O4S/c24-23(25)15-9-7-14(8-10-15)22-28(26,27)16-11-5-13(6-12-16)19-20-17-3-1-2-4-18(17)21-19/h1-12,22H,(H,20,21). The molecule has 0 unspecified atom stereocenters. The second-order valence-corrected chi connectivity index (χ2v) is 7.72. The number of imidazole rings is 1. The van der Waals surface area contributed by atoms with Crippen molar-refractivity contribution in [3.8, 4) is 11.4 Å². The zero-order valence-corrected chi connectivity index (χ0v) is 15.2. The first-order valence-electron chi connectivity index (χ1n) is 8.25. The van der Waals surface area contributed by atoms with Gasteiger partial charge in [-0.2, -0.15) is 0 Å². The van der Waals surface area contributed by atoms with Gasteiger partial charge in [-0.15, -0.1) is 0 Å². The van der Waals surface area contributed by atoms with Gasteiger partial charge >= 0.3 is 0 Å². The van der Waals surface area contributed by atoms with E-state index < -0.39 is 14.9 Å². The van der Waals surface area contributed by atoms with Gasteiger partial charge < -0.3 is 4.98 Å². The van der Waals surface area contributed by atoms with Crippen molar-refractivity contribution in [1.29, 1.82) is 0 Å². The SMILES string of the molecule is O=[N+]([O-])c1ccc(NS(=O)(=O)c2ccc(-c3nc4ccccc4[nH]3)cc2)cc1. The number of sulfonamides is 1. The summed E-state index contributed by atoms with van der Waals surface area (Å²) in [5, 5.41) is 10.7. The molecule has 1 heterocycles. The van der Waals surface area contributed by atoms with Gasteiger partial charge in [0.15, 0.2) is 0 Å². The predicted molar refractivity (Wildman–Crippen MR) is 105 cm³/mol. The van der Waals surface area contributed by atoms with Crippen molar-refractivity contribution >= 4 is 32.4 Å². The summed E-state index contributed by atoms with van der Waals surface area (Å²) < 4.78 is 27.5. The van der Waals surface area contributed by atoms with Gasteiger partial charge in [-0.25, -0.2) is 13.4 Å². The number of anilines is 1. The Morgan fingerprint density at radius 2 is 1.61 bits per heavy atom. The minimum atomic E-state index is -3.82. The maximum Gasteiger partial charge on any atom is 0.269 e. The smallest absolute Gasteiger partial charge is 0.269 e. The molecule has 0 fully saturated rings. The highest BCUT2D eigenvalue weighted by molar-refractivity contribution is 7.92. The van der Waals surface area contributed by atoms with Crippen LogP contribution in [0.5, 0.6) is 0 Å². The number of nitro benzene ring substituents is 1. The molecule has 8 nitrogen and oxygen atoms in total. The summed E-state index contributed by atoms with van der Waals surface area (Å²) in [5.41, 5.74) is 2.61. The molecule has 0 bridgehead atoms. The molecule has 0 spiro atoms. The van der Waals surface area contributed by atoms with E-state index in [1.54, 1.807) is 12.1 Å². The van der Waals surface area contributed by atoms with Crippen LogP contribution in [0.1, 0.15) is 0 Å². The van der Waals surface area contributed by atoms with Crippen molar-refractivity contribution in [2.24, 2.45) is 0 Å². The third-order valence-electron chi connectivity index (χ3n) is 4.16. The first-order chi connectivity index (χ1) is 13.4. The van der Waals surface area contributed by atoms with Gasteiger partial charge in [0.2, 0.25) is 0 Å². The van der Waals surface area contributed by atoms with Crippen LogP contribution in [0.4, 0.5) is 11.4 Å². The number of hydrogen-bond donors (Lipinski definition) is 2. The second-order valence-electron chi connectivity index (χ2n) is 6.04. The highest BCUT2D eigenvalue weighted by atomic mass is 32.2. The van der Waals surface area contributed by atoms with E-state index in [9.17, 15) is 18.5 Å². The lowest BCUT2D eigenvalue weighted by atomic mass is 10.2. The highest BCUT2D eigenvalue weighted by Gasteiger charge is 2.15. The van der Waals surface area contributed by atoms with Gasteiger partial charge in [0.25, 0.3) is 15.7 Å². The fraction of sp³-hybridized carbons (Fsp3) is 0. The summed E-state index contributed by atoms with van der Waals surface area (Å²) in [4.78, 5) is 17.9. The monoisotopic (exact) mass is 394 g/mol. The zero-order chi connectivity index (χ0) is 19.7. The third-order valence-corrected chi connectivity index (χ3v) is 5.55. The quantitative estimate of drug-likeness (QED) is 0.393. The van der Waals surface area contributed by atoms with Crippen LogP contribution < -0.4 is 4.72 Å². The molecular formula is C19H14N4O4S. The first kappa shape index (κ1) is 17.7. The molecule has 4 rings (SSSR count). The molecular weight excluding hydrogens is 380 g/mol. The van der Waals surface area contributed by atoms with Crippen molar-refractivity contribution in [3.63, 3.8) is 0 Å². The van der Waals surface area contributed by atoms with Crippen molar-refractivity contribution in [3.05, 3.63) is 82.9 Å². The normalized spacial score (nSPS) is 11.4. The van der Waals surface area contributed by atoms with Gasteiger partial charge in [-0.3, -0.25) is 14.8 Å². The molecule has 2 N–H and O–H groups in total. The van der Waals surface area contributed by atoms with Crippen molar-refractivity contribution in [1.82, 2.24) is 9.97 Å². The molecule has 0 atom stereocenters. The average molecular weight is 394 g/mol. The summed E-state index contributed by atoms with van der Waals surface area (Å²) in [5.74, 6) is 0.647. The molecule has 0 aliphatic rings. The number of nitro groups is 1. The number of hydrogen-bond acceptors (Lipinski definition) is 5. The number of aromatic nitrogens is 2. The number of non-ortho nitro benzene ring substituents is 1. The molecule has 28 heavy (non-hydrogen) atoms. The van der Waals surface area contributed by atoms with E-state index in [1.165, 1.54) is 36.4 Å². The summed E-state index contributed by atoms with van der Waals surface area (Å²) >= 11 is 0. The van der Waals surface area contributed by atoms with Crippen LogP contribution in [0.15, 0.2) is 77.7 Å². The van der Waals surface area contributed by atoms with E-state index in [4.69, 9.17) is 0 Å². The predicted octanol–water partition coefficient (Wildman–Crippen LogP) is 3.94. The Bertz CT molecular complexity index is 1230. The number of para-hydroxylation sites is 2. The molecule has 4 aromatic rings. The second kappa shape index (κ2) is 6.78. The van der Waals surface area contributed by atoms with E-state index in [1.807, 2.05) is 24.3 Å². The van der Waals surface area contributed by atoms with Crippen LogP contribution in [0.3, 0.4) is 0 Å². The third kappa shape index (κ3) is 3.42. The van der Waals surface area contributed by atoms with Crippen molar-refractivity contribution in [2.45, 2.75) is 4.90 Å². The Hall–Kier alpha value is -3.72. The topological polar surface area (TPSA) is 118 Å². The molecule has 0 aliphatic carbocycles. The van der Waals surface area contributed by atoms with Crippen LogP contribution in [-0.4, -0.2) is 23.3 Å². The number of H-pyrrole nitrogens is 1. The van der Waals surface area contributed by atoms with E-state index >= 15 is 0 Å². The molecule has 1 aromatic heterocycles. The van der Waals surface area contributed by atoms with E-state index in [-0.39, 0.29) is 16.3 Å². The Labute approximate surface area is 160 Å². The lowest BCUT2D eigenvalue weighted by molar-refractivity contribution is -0.384. The van der Waals surface area contributed by atoms with Crippen LogP contribution >= 0.6 is 0 Å². The molecule has 9 heteroatoms. The fourth-order valence-corrected chi connectivity index (χ4v) is 3.81. The molecule has 0 amide bonds. The molecule has 3 aromatic carbocycles. The lowest BCUT2D eigenvalue weighted by Gasteiger charge is -2.08. The summed E-state index contributed by atoms with van der Waals surface area (Å²) in [6.07, 6.45) is 0. The summed E-state index contributed by atoms with van der Waals surface area (Å²) in [6, 6.07) is 19.1. The fourth-order valence-electron chi connectivity index (χ4n) is 2.75. The van der Waals surface area contributed by atoms with Crippen LogP contribution in [-0.2, 0) is 10.0 Å². The average Bonchev–Trinajstić information content (AvgIpc) is 3.12. The van der Waals surface area contributed by atoms with E-state index in [0.717, 1.165) is 16.6 Å². The highest BCUT2D eigenvalue weighted by Crippen LogP contribution is 2.23. The zero-order valence-electron chi connectivity index (χ0n) is 14.4. The Morgan fingerprint density at radius 1 is 0.929 bits per heavy atom. The van der Waals surface area contributed by atoms with E-state index in [2.05, 4.69) is 14.7 Å². The summed E-state index contributed by atoms with van der Waals surface area (Å²) in [7, 11) is -3.82. The van der Waals surface area contributed by atoms with Gasteiger partial charge in [0.05, 0.1) is 20.9 Å². The van der Waals surface area contributed by atoms with Crippen molar-refractivity contribution < 1.29 is 13.3 Å². The number of nitrogens with one attached hydrogen (secondary N) is 2. The molecule has 0 saturated carbocycles. The maximum atomic E-state index is 12.5. The Kier molecular flexibility index (Phi) is 4.28. The first-order valence-corrected chi connectivity index (χ1v) is 9.73. The number of rotatable bonds is 5. The molecule has 0 saturated heterocycles. The van der Waals surface area contributed by atoms with Gasteiger partial charge in [-0.1, -0.05) is 12.1 Å². The maximum absolute atomic E-state index is 12.5. The van der Waals surface area contributed by atoms with Gasteiger partial charge in [0.1, 0.15) is 5.82 Å². The number of benzene rings is 3. The molecule has 0 radical (unpaired) electrons. The number of nitrogens with zero attached hydrogens (tertiary/aromatic N) is 2. The Morgan fingerprint density at radius 3 is 2.25 bits per heavy atom. The largest absolute Gasteiger partial charge is 0.338 e. The number of fused-ring (bicyclic) bond motifs is 1. The van der Waals surface area contributed by atoms with Crippen LogP contribution in [0.25, 0.3) is 22.4 Å². The minimum absolute atomic E-state index is 0.0747. The molecule has 0 aliphatic heterocycles. The lowest BCUT2D eigenvalue weighted by Crippen LogP contribution is -2.12. The van der Waals surface area contributed by atoms with Gasteiger partial charge in [0, 0.05) is 23.4 Å². The molecule has 140 valence electrons. The Balaban J connectivity index is 1.57. The minimum Gasteiger partial charge on any atom is -0.338 e.